The van der Waals surface area contributed by atoms with Crippen molar-refractivity contribution in [1.82, 2.24) is 19.8 Å². The summed E-state index contributed by atoms with van der Waals surface area (Å²) in [5.41, 5.74) is 12.1. The third-order valence-electron chi connectivity index (χ3n) is 8.77. The lowest BCUT2D eigenvalue weighted by Gasteiger charge is -2.27. The van der Waals surface area contributed by atoms with E-state index in [4.69, 9.17) is 5.73 Å². The van der Waals surface area contributed by atoms with Crippen LogP contribution in [-0.2, 0) is 20.9 Å². The van der Waals surface area contributed by atoms with Gasteiger partial charge in [0.1, 0.15) is 5.82 Å². The highest BCUT2D eigenvalue weighted by Gasteiger charge is 2.35. The van der Waals surface area contributed by atoms with Crippen molar-refractivity contribution >= 4 is 40.3 Å². The van der Waals surface area contributed by atoms with Crippen molar-refractivity contribution in [2.75, 3.05) is 24.2 Å². The molecule has 2 aliphatic heterocycles. The largest absolute Gasteiger partial charge is 0.340 e. The Bertz CT molecular complexity index is 1770. The second-order valence-electron chi connectivity index (χ2n) is 12.3. The van der Waals surface area contributed by atoms with E-state index >= 15 is 0 Å². The fourth-order valence-corrected chi connectivity index (χ4v) is 6.66. The van der Waals surface area contributed by atoms with Crippen LogP contribution in [-0.4, -0.2) is 67.5 Å². The highest BCUT2D eigenvalue weighted by molar-refractivity contribution is 8.15. The van der Waals surface area contributed by atoms with Crippen LogP contribution >= 0.6 is 11.8 Å². The molecular formula is C36H38N6O4S. The van der Waals surface area contributed by atoms with Gasteiger partial charge in [0, 0.05) is 36.6 Å². The maximum absolute atomic E-state index is 13.0. The Morgan fingerprint density at radius 2 is 1.62 bits per heavy atom. The SMILES string of the molecule is CC(C)[C@H](N)C(=O)N1CCC[C@H]1c1ncc(-c2ccc(-c3ccc(C(=O)Nc4ccc(CN5CCSC(=O)C5=O)cc4)cc3)cc2)[nH]1. The molecule has 0 bridgehead atoms. The van der Waals surface area contributed by atoms with Gasteiger partial charge in [0.2, 0.25) is 5.91 Å². The highest BCUT2D eigenvalue weighted by Crippen LogP contribution is 2.33. The molecule has 2 aliphatic rings. The van der Waals surface area contributed by atoms with E-state index in [1.54, 1.807) is 29.2 Å². The Hall–Kier alpha value is -4.74. The van der Waals surface area contributed by atoms with Crippen LogP contribution in [0.5, 0.6) is 0 Å². The number of H-pyrrole nitrogens is 1. The van der Waals surface area contributed by atoms with Gasteiger partial charge in [0.15, 0.2) is 0 Å². The number of nitrogens with two attached hydrogens (primary N) is 1. The number of aromatic amines is 1. The molecule has 0 spiro atoms. The number of rotatable bonds is 9. The molecule has 6 rings (SSSR count). The van der Waals surface area contributed by atoms with Crippen LogP contribution in [0, 0.1) is 5.92 Å². The van der Waals surface area contributed by atoms with Gasteiger partial charge < -0.3 is 25.8 Å². The molecule has 242 valence electrons. The predicted octanol–water partition coefficient (Wildman–Crippen LogP) is 5.24. The zero-order valence-corrected chi connectivity index (χ0v) is 27.3. The Morgan fingerprint density at radius 3 is 2.30 bits per heavy atom. The molecule has 1 aromatic heterocycles. The van der Waals surface area contributed by atoms with Crippen molar-refractivity contribution in [1.29, 1.82) is 0 Å². The van der Waals surface area contributed by atoms with Crippen LogP contribution in [0.4, 0.5) is 5.69 Å². The number of likely N-dealkylation sites (tertiary alicyclic amines) is 1. The first kappa shape index (κ1) is 32.2. The van der Waals surface area contributed by atoms with E-state index in [0.717, 1.165) is 58.4 Å². The summed E-state index contributed by atoms with van der Waals surface area (Å²) in [5, 5.41) is 2.50. The van der Waals surface area contributed by atoms with Crippen LogP contribution in [0.2, 0.25) is 0 Å². The summed E-state index contributed by atoms with van der Waals surface area (Å²) in [6.07, 6.45) is 3.59. The van der Waals surface area contributed by atoms with Crippen LogP contribution in [0.15, 0.2) is 79.0 Å². The number of nitrogens with one attached hydrogen (secondary N) is 2. The first-order valence-corrected chi connectivity index (χ1v) is 16.8. The predicted molar refractivity (Wildman–Crippen MR) is 183 cm³/mol. The monoisotopic (exact) mass is 650 g/mol. The normalized spacial score (nSPS) is 17.3. The fourth-order valence-electron chi connectivity index (χ4n) is 5.91. The zero-order valence-electron chi connectivity index (χ0n) is 26.4. The van der Waals surface area contributed by atoms with Crippen molar-refractivity contribution < 1.29 is 19.2 Å². The molecule has 4 N–H and O–H groups in total. The lowest BCUT2D eigenvalue weighted by Crippen LogP contribution is -2.46. The summed E-state index contributed by atoms with van der Waals surface area (Å²) in [6, 6.07) is 22.2. The number of hydrogen-bond acceptors (Lipinski definition) is 7. The minimum Gasteiger partial charge on any atom is -0.340 e. The lowest BCUT2D eigenvalue weighted by atomic mass is 10.0. The molecule has 11 heteroatoms. The number of thioether (sulfide) groups is 1. The molecule has 2 saturated heterocycles. The Labute approximate surface area is 278 Å². The molecular weight excluding hydrogens is 613 g/mol. The Kier molecular flexibility index (Phi) is 9.55. The number of aromatic nitrogens is 2. The number of amides is 3. The van der Waals surface area contributed by atoms with Gasteiger partial charge in [-0.15, -0.1) is 0 Å². The molecule has 3 amide bonds. The topological polar surface area (TPSA) is 141 Å². The van der Waals surface area contributed by atoms with Crippen LogP contribution in [0.25, 0.3) is 22.4 Å². The average Bonchev–Trinajstić information content (AvgIpc) is 3.78. The molecule has 0 unspecified atom stereocenters. The van der Waals surface area contributed by atoms with E-state index < -0.39 is 17.1 Å². The molecule has 10 nitrogen and oxygen atoms in total. The van der Waals surface area contributed by atoms with Crippen LogP contribution < -0.4 is 11.1 Å². The Morgan fingerprint density at radius 1 is 0.957 bits per heavy atom. The van der Waals surface area contributed by atoms with E-state index in [1.807, 2.05) is 73.5 Å². The second kappa shape index (κ2) is 13.9. The number of imidazole rings is 1. The molecule has 0 aliphatic carbocycles. The van der Waals surface area contributed by atoms with Gasteiger partial charge in [-0.25, -0.2) is 4.98 Å². The van der Waals surface area contributed by atoms with Crippen molar-refractivity contribution in [2.24, 2.45) is 11.7 Å². The van der Waals surface area contributed by atoms with E-state index in [0.29, 0.717) is 36.6 Å². The number of hydrogen-bond donors (Lipinski definition) is 3. The standard InChI is InChI=1S/C36H38N6O4S/c1-22(2)31(37)34(44)42-17-3-4-30(42)32-38-20-29(40-32)26-11-7-24(8-12-26)25-9-13-27(14-10-25)33(43)39-28-15-5-23(6-16-28)21-41-18-19-47-36(46)35(41)45/h5-16,20,22,30-31H,3-4,17-19,21,37H2,1-2H3,(H,38,40)(H,39,43)/t30-,31-/m0/s1. The van der Waals surface area contributed by atoms with E-state index in [2.05, 4.69) is 15.3 Å². The fraction of sp³-hybridized carbons (Fsp3) is 0.306. The minimum absolute atomic E-state index is 0.0231. The van der Waals surface area contributed by atoms with Crippen LogP contribution in [0.3, 0.4) is 0 Å². The molecule has 2 fully saturated rings. The van der Waals surface area contributed by atoms with Gasteiger partial charge in [-0.1, -0.05) is 74.1 Å². The molecule has 2 atom stereocenters. The van der Waals surface area contributed by atoms with Crippen molar-refractivity contribution in [3.63, 3.8) is 0 Å². The summed E-state index contributed by atoms with van der Waals surface area (Å²) in [6.45, 7) is 5.52. The van der Waals surface area contributed by atoms with E-state index in [1.165, 1.54) is 0 Å². The summed E-state index contributed by atoms with van der Waals surface area (Å²) in [5.74, 6) is 0.753. The first-order valence-electron chi connectivity index (χ1n) is 15.9. The number of anilines is 1. The van der Waals surface area contributed by atoms with Crippen LogP contribution in [0.1, 0.15) is 54.5 Å². The van der Waals surface area contributed by atoms with Crippen molar-refractivity contribution in [3.05, 3.63) is 95.9 Å². The molecule has 0 saturated carbocycles. The molecule has 3 aromatic carbocycles. The number of carbonyl (C=O) groups excluding carboxylic acids is 4. The molecule has 0 radical (unpaired) electrons. The maximum Gasteiger partial charge on any atom is 0.301 e. The smallest absolute Gasteiger partial charge is 0.301 e. The zero-order chi connectivity index (χ0) is 33.1. The summed E-state index contributed by atoms with van der Waals surface area (Å²) >= 11 is 1.06. The molecule has 3 heterocycles. The minimum atomic E-state index is -0.516. The Balaban J connectivity index is 1.05. The highest BCUT2D eigenvalue weighted by atomic mass is 32.2. The summed E-state index contributed by atoms with van der Waals surface area (Å²) in [4.78, 5) is 61.1. The van der Waals surface area contributed by atoms with Gasteiger partial charge in [0.05, 0.1) is 24.0 Å². The van der Waals surface area contributed by atoms with Crippen molar-refractivity contribution in [2.45, 2.75) is 45.3 Å². The van der Waals surface area contributed by atoms with Gasteiger partial charge in [-0.2, -0.15) is 0 Å². The maximum atomic E-state index is 13.0. The third-order valence-corrected chi connectivity index (χ3v) is 9.59. The number of benzene rings is 3. The van der Waals surface area contributed by atoms with Crippen molar-refractivity contribution in [3.8, 4) is 22.4 Å². The number of nitrogens with zero attached hydrogens (tertiary/aromatic N) is 3. The molecule has 4 aromatic rings. The summed E-state index contributed by atoms with van der Waals surface area (Å²) < 4.78 is 0. The third kappa shape index (κ3) is 7.16. The van der Waals surface area contributed by atoms with E-state index in [-0.39, 0.29) is 23.8 Å². The molecule has 47 heavy (non-hydrogen) atoms. The average molecular weight is 651 g/mol. The summed E-state index contributed by atoms with van der Waals surface area (Å²) in [7, 11) is 0. The quantitative estimate of drug-likeness (QED) is 0.210. The van der Waals surface area contributed by atoms with Gasteiger partial charge in [0.25, 0.3) is 11.0 Å². The van der Waals surface area contributed by atoms with E-state index in [9.17, 15) is 19.2 Å². The second-order valence-corrected chi connectivity index (χ2v) is 13.4. The number of carbonyl (C=O) groups is 4. The van der Waals surface area contributed by atoms with Gasteiger partial charge in [-0.3, -0.25) is 19.2 Å². The lowest BCUT2D eigenvalue weighted by molar-refractivity contribution is -0.141. The first-order chi connectivity index (χ1) is 22.7. The van der Waals surface area contributed by atoms with Gasteiger partial charge in [-0.05, 0) is 65.3 Å². The van der Waals surface area contributed by atoms with Gasteiger partial charge >= 0.3 is 5.91 Å².